The van der Waals surface area contributed by atoms with Crippen molar-refractivity contribution in [3.05, 3.63) is 36.3 Å². The van der Waals surface area contributed by atoms with Gasteiger partial charge < -0.3 is 16.0 Å². The van der Waals surface area contributed by atoms with Crippen molar-refractivity contribution in [1.29, 1.82) is 0 Å². The van der Waals surface area contributed by atoms with E-state index in [2.05, 4.69) is 20.3 Å². The minimum atomic E-state index is -4.34. The summed E-state index contributed by atoms with van der Waals surface area (Å²) in [6.07, 6.45) is -1.29. The molecule has 0 saturated heterocycles. The molecule has 2 atom stereocenters. The number of anilines is 2. The van der Waals surface area contributed by atoms with Crippen LogP contribution in [0.25, 0.3) is 22.0 Å². The third-order valence-corrected chi connectivity index (χ3v) is 4.77. The third-order valence-electron chi connectivity index (χ3n) is 4.77. The number of nitrogen functional groups attached to an aromatic ring is 1. The Kier molecular flexibility index (Phi) is 3.83. The van der Waals surface area contributed by atoms with Crippen molar-refractivity contribution in [3.8, 4) is 11.3 Å². The van der Waals surface area contributed by atoms with Crippen molar-refractivity contribution in [2.75, 3.05) is 11.1 Å². The van der Waals surface area contributed by atoms with E-state index in [0.717, 1.165) is 11.3 Å². The molecule has 3 aromatic heterocycles. The van der Waals surface area contributed by atoms with E-state index in [9.17, 15) is 18.0 Å². The maximum Gasteiger partial charge on any atom is 0.392 e. The van der Waals surface area contributed by atoms with Gasteiger partial charge in [0.2, 0.25) is 5.91 Å². The number of amides is 1. The first-order valence-corrected chi connectivity index (χ1v) is 8.32. The van der Waals surface area contributed by atoms with Gasteiger partial charge in [-0.25, -0.2) is 9.97 Å². The lowest BCUT2D eigenvalue weighted by Gasteiger charge is -2.09. The molecule has 27 heavy (non-hydrogen) atoms. The Hall–Kier alpha value is -3.10. The summed E-state index contributed by atoms with van der Waals surface area (Å²) >= 11 is 0. The molecular weight excluding hydrogens is 359 g/mol. The van der Waals surface area contributed by atoms with E-state index >= 15 is 0 Å². The summed E-state index contributed by atoms with van der Waals surface area (Å²) in [5.41, 5.74) is 8.48. The Morgan fingerprint density at radius 2 is 2.15 bits per heavy atom. The monoisotopic (exact) mass is 375 g/mol. The molecule has 0 aliphatic heterocycles. The number of H-pyrrole nitrogens is 1. The van der Waals surface area contributed by atoms with Crippen molar-refractivity contribution in [2.24, 2.45) is 11.8 Å². The Labute approximate surface area is 152 Å². The molecule has 1 aliphatic rings. The van der Waals surface area contributed by atoms with Crippen LogP contribution in [-0.2, 0) is 4.79 Å². The van der Waals surface area contributed by atoms with Gasteiger partial charge in [0.05, 0.1) is 17.5 Å². The van der Waals surface area contributed by atoms with E-state index in [1.54, 1.807) is 18.3 Å². The van der Waals surface area contributed by atoms with Crippen LogP contribution in [0.4, 0.5) is 24.8 Å². The Balaban J connectivity index is 1.62. The number of hydrogen-bond acceptors (Lipinski definition) is 4. The number of fused-ring (bicyclic) bond motifs is 1. The molecule has 3 aromatic rings. The van der Waals surface area contributed by atoms with Gasteiger partial charge in [0, 0.05) is 29.0 Å². The summed E-state index contributed by atoms with van der Waals surface area (Å²) in [6.45, 7) is 1.91. The van der Waals surface area contributed by atoms with Gasteiger partial charge in [0.25, 0.3) is 0 Å². The summed E-state index contributed by atoms with van der Waals surface area (Å²) in [5.74, 6) is -2.83. The molecule has 0 aromatic carbocycles. The van der Waals surface area contributed by atoms with Crippen LogP contribution >= 0.6 is 0 Å². The van der Waals surface area contributed by atoms with Gasteiger partial charge in [0.15, 0.2) is 0 Å². The Morgan fingerprint density at radius 1 is 1.37 bits per heavy atom. The summed E-state index contributed by atoms with van der Waals surface area (Å²) in [5, 5.41) is 3.75. The number of aromatic amines is 1. The molecule has 4 N–H and O–H groups in total. The number of hydrogen-bond donors (Lipinski definition) is 3. The molecular formula is C18H16F3N5O. The van der Waals surface area contributed by atoms with Crippen LogP contribution in [-0.4, -0.2) is 27.0 Å². The molecule has 0 radical (unpaired) electrons. The molecule has 1 amide bonds. The highest BCUT2D eigenvalue weighted by Gasteiger charge is 2.58. The van der Waals surface area contributed by atoms with E-state index in [1.807, 2.05) is 13.0 Å². The summed E-state index contributed by atoms with van der Waals surface area (Å²) in [6, 6.07) is 5.26. The van der Waals surface area contributed by atoms with E-state index < -0.39 is 23.9 Å². The first-order chi connectivity index (χ1) is 12.7. The first kappa shape index (κ1) is 17.3. The lowest BCUT2D eigenvalue weighted by Crippen LogP contribution is -2.20. The van der Waals surface area contributed by atoms with Gasteiger partial charge in [-0.15, -0.1) is 0 Å². The quantitative estimate of drug-likeness (QED) is 0.651. The fourth-order valence-electron chi connectivity index (χ4n) is 3.18. The van der Waals surface area contributed by atoms with Crippen LogP contribution in [0.2, 0.25) is 0 Å². The molecule has 4 rings (SSSR count). The number of rotatable bonds is 3. The zero-order valence-corrected chi connectivity index (χ0v) is 14.3. The maximum absolute atomic E-state index is 12.6. The first-order valence-electron chi connectivity index (χ1n) is 8.32. The average Bonchev–Trinajstić information content (AvgIpc) is 3.30. The topological polar surface area (TPSA) is 96.7 Å². The van der Waals surface area contributed by atoms with Gasteiger partial charge in [0.1, 0.15) is 11.6 Å². The van der Waals surface area contributed by atoms with Crippen LogP contribution < -0.4 is 11.1 Å². The standard InChI is InChI=1S/C18H16F3N5O/c1-8-10(2-3-23-8)14-4-9-5-15(24-7-12(9)16(22)25-14)26-17(27)11-6-13(11)18(19,20)21/h2-5,7,11,13,23H,6H2,1H3,(H2,22,25)(H,24,26,27). The van der Waals surface area contributed by atoms with E-state index in [1.165, 1.54) is 6.20 Å². The van der Waals surface area contributed by atoms with Crippen molar-refractivity contribution < 1.29 is 18.0 Å². The molecule has 0 bridgehead atoms. The zero-order valence-electron chi connectivity index (χ0n) is 14.3. The highest BCUT2D eigenvalue weighted by molar-refractivity contribution is 5.98. The number of aryl methyl sites for hydroxylation is 1. The van der Waals surface area contributed by atoms with Crippen molar-refractivity contribution in [2.45, 2.75) is 19.5 Å². The fourth-order valence-corrected chi connectivity index (χ4v) is 3.18. The molecule has 9 heteroatoms. The number of nitrogens with two attached hydrogens (primary N) is 1. The third kappa shape index (κ3) is 3.20. The van der Waals surface area contributed by atoms with E-state index in [0.29, 0.717) is 16.5 Å². The largest absolute Gasteiger partial charge is 0.392 e. The van der Waals surface area contributed by atoms with Crippen LogP contribution in [0.3, 0.4) is 0 Å². The number of alkyl halides is 3. The van der Waals surface area contributed by atoms with Crippen molar-refractivity contribution in [3.63, 3.8) is 0 Å². The summed E-state index contributed by atoms with van der Waals surface area (Å²) < 4.78 is 37.9. The van der Waals surface area contributed by atoms with E-state index in [-0.39, 0.29) is 18.1 Å². The number of nitrogens with zero attached hydrogens (tertiary/aromatic N) is 2. The second kappa shape index (κ2) is 5.97. The summed E-state index contributed by atoms with van der Waals surface area (Å²) in [7, 11) is 0. The number of nitrogens with one attached hydrogen (secondary N) is 2. The molecule has 0 spiro atoms. The smallest absolute Gasteiger partial charge is 0.383 e. The highest BCUT2D eigenvalue weighted by Crippen LogP contribution is 2.50. The predicted octanol–water partition coefficient (Wildman–Crippen LogP) is 3.65. The number of carbonyl (C=O) groups excluding carboxylic acids is 1. The molecule has 6 nitrogen and oxygen atoms in total. The van der Waals surface area contributed by atoms with Gasteiger partial charge in [-0.3, -0.25) is 4.79 Å². The van der Waals surface area contributed by atoms with Crippen molar-refractivity contribution in [1.82, 2.24) is 15.0 Å². The van der Waals surface area contributed by atoms with Gasteiger partial charge in [-0.05, 0) is 36.9 Å². The Morgan fingerprint density at radius 3 is 2.78 bits per heavy atom. The lowest BCUT2D eigenvalue weighted by molar-refractivity contribution is -0.153. The van der Waals surface area contributed by atoms with Crippen molar-refractivity contribution >= 4 is 28.3 Å². The van der Waals surface area contributed by atoms with Crippen LogP contribution in [0.15, 0.2) is 30.6 Å². The minimum Gasteiger partial charge on any atom is -0.383 e. The van der Waals surface area contributed by atoms with Crippen LogP contribution in [0.1, 0.15) is 12.1 Å². The second-order valence-corrected chi connectivity index (χ2v) is 6.68. The fraction of sp³-hybridized carbons (Fsp3) is 0.278. The molecule has 1 saturated carbocycles. The second-order valence-electron chi connectivity index (χ2n) is 6.68. The number of aromatic nitrogens is 3. The van der Waals surface area contributed by atoms with Gasteiger partial charge >= 0.3 is 6.18 Å². The highest BCUT2D eigenvalue weighted by atomic mass is 19.4. The van der Waals surface area contributed by atoms with Gasteiger partial charge in [-0.1, -0.05) is 0 Å². The number of pyridine rings is 2. The van der Waals surface area contributed by atoms with Crippen LogP contribution in [0, 0.1) is 18.8 Å². The van der Waals surface area contributed by atoms with Gasteiger partial charge in [-0.2, -0.15) is 13.2 Å². The molecule has 3 heterocycles. The van der Waals surface area contributed by atoms with E-state index in [4.69, 9.17) is 5.73 Å². The molecule has 1 aliphatic carbocycles. The summed E-state index contributed by atoms with van der Waals surface area (Å²) in [4.78, 5) is 23.6. The molecule has 1 fully saturated rings. The predicted molar refractivity (Wildman–Crippen MR) is 94.8 cm³/mol. The minimum absolute atomic E-state index is 0.183. The molecule has 140 valence electrons. The maximum atomic E-state index is 12.6. The zero-order chi connectivity index (χ0) is 19.3. The van der Waals surface area contributed by atoms with Crippen LogP contribution in [0.5, 0.6) is 0 Å². The number of carbonyl (C=O) groups is 1. The lowest BCUT2D eigenvalue weighted by atomic mass is 10.1. The average molecular weight is 375 g/mol. The SMILES string of the molecule is Cc1[nH]ccc1-c1cc2cc(NC(=O)C3CC3C(F)(F)F)ncc2c(N)n1. The normalized spacial score (nSPS) is 19.3. The molecule has 2 unspecified atom stereocenters. The number of halogens is 3. The Bertz CT molecular complexity index is 1040.